The Hall–Kier alpha value is -2.51. The lowest BCUT2D eigenvalue weighted by Crippen LogP contribution is -2.29. The second kappa shape index (κ2) is 10.3. The highest BCUT2D eigenvalue weighted by Crippen LogP contribution is 2.27. The number of carbonyl (C=O) groups is 2. The zero-order valence-corrected chi connectivity index (χ0v) is 17.6. The van der Waals surface area contributed by atoms with E-state index in [1.165, 1.54) is 11.8 Å². The van der Waals surface area contributed by atoms with E-state index in [2.05, 4.69) is 10.3 Å². The third kappa shape index (κ3) is 5.98. The van der Waals surface area contributed by atoms with Crippen molar-refractivity contribution in [3.63, 3.8) is 0 Å². The normalized spacial score (nSPS) is 10.8. The molecule has 0 saturated carbocycles. The molecule has 2 aromatic carbocycles. The minimum Gasteiger partial charge on any atom is -0.455 e. The van der Waals surface area contributed by atoms with E-state index < -0.39 is 5.97 Å². The number of nitrogens with one attached hydrogen (secondary N) is 1. The molecule has 1 aromatic heterocycles. The van der Waals surface area contributed by atoms with Crippen molar-refractivity contribution < 1.29 is 14.3 Å². The van der Waals surface area contributed by atoms with Crippen molar-refractivity contribution in [3.05, 3.63) is 59.1 Å². The molecule has 0 aliphatic carbocycles. The molecule has 0 unspecified atom stereocenters. The van der Waals surface area contributed by atoms with Crippen molar-refractivity contribution in [3.8, 4) is 0 Å². The summed E-state index contributed by atoms with van der Waals surface area (Å²) in [5.74, 6) is -0.693. The zero-order chi connectivity index (χ0) is 20.6. The molecule has 0 fully saturated rings. The topological polar surface area (TPSA) is 73.2 Å². The monoisotopic (exact) mass is 431 g/mol. The van der Waals surface area contributed by atoms with Gasteiger partial charge >= 0.3 is 5.97 Å². The number of esters is 1. The first-order chi connectivity index (χ1) is 14.1. The SMILES string of the molecule is CCCNC(=O)COC(=O)CSc1nc2cc(Cl)ccc2n1Cc1ccccc1. The Bertz CT molecular complexity index is 992. The summed E-state index contributed by atoms with van der Waals surface area (Å²) in [5, 5.41) is 3.97. The number of halogens is 1. The fourth-order valence-corrected chi connectivity index (χ4v) is 3.71. The molecular weight excluding hydrogens is 410 g/mol. The van der Waals surface area contributed by atoms with Crippen LogP contribution in [0.1, 0.15) is 18.9 Å². The number of aromatic nitrogens is 2. The molecule has 29 heavy (non-hydrogen) atoms. The Morgan fingerprint density at radius 1 is 1.21 bits per heavy atom. The number of rotatable bonds is 9. The summed E-state index contributed by atoms with van der Waals surface area (Å²) < 4.78 is 7.09. The number of amides is 1. The summed E-state index contributed by atoms with van der Waals surface area (Å²) in [5.41, 5.74) is 2.83. The zero-order valence-electron chi connectivity index (χ0n) is 16.1. The van der Waals surface area contributed by atoms with Gasteiger partial charge in [0.2, 0.25) is 0 Å². The largest absolute Gasteiger partial charge is 0.455 e. The van der Waals surface area contributed by atoms with Crippen LogP contribution in [0.15, 0.2) is 53.7 Å². The molecule has 3 rings (SSSR count). The third-order valence-corrected chi connectivity index (χ3v) is 5.30. The van der Waals surface area contributed by atoms with Crippen LogP contribution in [0.4, 0.5) is 0 Å². The molecule has 0 aliphatic heterocycles. The molecule has 6 nitrogen and oxygen atoms in total. The summed E-state index contributed by atoms with van der Waals surface area (Å²) in [4.78, 5) is 28.2. The van der Waals surface area contributed by atoms with Gasteiger partial charge in [0, 0.05) is 11.6 Å². The van der Waals surface area contributed by atoms with Crippen LogP contribution in [0.5, 0.6) is 0 Å². The van der Waals surface area contributed by atoms with E-state index in [0.29, 0.717) is 23.3 Å². The summed E-state index contributed by atoms with van der Waals surface area (Å²) >= 11 is 7.39. The van der Waals surface area contributed by atoms with Crippen LogP contribution in [0.3, 0.4) is 0 Å². The molecule has 1 heterocycles. The first kappa shape index (κ1) is 21.2. The number of carbonyl (C=O) groups excluding carboxylic acids is 2. The van der Waals surface area contributed by atoms with E-state index in [-0.39, 0.29) is 18.3 Å². The minimum atomic E-state index is -0.460. The number of fused-ring (bicyclic) bond motifs is 1. The Balaban J connectivity index is 1.70. The van der Waals surface area contributed by atoms with Crippen molar-refractivity contribution in [1.29, 1.82) is 0 Å². The smallest absolute Gasteiger partial charge is 0.316 e. The second-order valence-electron chi connectivity index (χ2n) is 6.40. The van der Waals surface area contributed by atoms with Crippen molar-refractivity contribution in [2.45, 2.75) is 25.0 Å². The Morgan fingerprint density at radius 2 is 2.00 bits per heavy atom. The fourth-order valence-electron chi connectivity index (χ4n) is 2.74. The van der Waals surface area contributed by atoms with E-state index in [0.717, 1.165) is 23.0 Å². The predicted molar refractivity (Wildman–Crippen MR) is 115 cm³/mol. The van der Waals surface area contributed by atoms with Gasteiger partial charge in [0.1, 0.15) is 0 Å². The summed E-state index contributed by atoms with van der Waals surface area (Å²) in [6, 6.07) is 15.6. The van der Waals surface area contributed by atoms with Crippen molar-refractivity contribution in [2.24, 2.45) is 0 Å². The van der Waals surface area contributed by atoms with Crippen LogP contribution >= 0.6 is 23.4 Å². The standard InChI is InChI=1S/C21H22ClN3O3S/c1-2-10-23-19(26)13-28-20(27)14-29-21-24-17-11-16(22)8-9-18(17)25(21)12-15-6-4-3-5-7-15/h3-9,11H,2,10,12-14H2,1H3,(H,23,26). The lowest BCUT2D eigenvalue weighted by Gasteiger charge is -2.09. The molecule has 0 saturated heterocycles. The first-order valence-corrected chi connectivity index (χ1v) is 10.7. The van der Waals surface area contributed by atoms with E-state index in [1.54, 1.807) is 6.07 Å². The van der Waals surface area contributed by atoms with E-state index in [1.807, 2.05) is 54.0 Å². The van der Waals surface area contributed by atoms with Crippen LogP contribution in [0, 0.1) is 0 Å². The fraction of sp³-hybridized carbons (Fsp3) is 0.286. The third-order valence-electron chi connectivity index (χ3n) is 4.11. The Morgan fingerprint density at radius 3 is 2.76 bits per heavy atom. The van der Waals surface area contributed by atoms with E-state index >= 15 is 0 Å². The molecule has 0 spiro atoms. The quantitative estimate of drug-likeness (QED) is 0.411. The number of nitrogens with zero attached hydrogens (tertiary/aromatic N) is 2. The number of thioether (sulfide) groups is 1. The van der Waals surface area contributed by atoms with Gasteiger partial charge in [-0.2, -0.15) is 0 Å². The van der Waals surface area contributed by atoms with Crippen LogP contribution in [0.2, 0.25) is 5.02 Å². The number of benzene rings is 2. The Kier molecular flexibility index (Phi) is 7.55. The molecule has 1 N–H and O–H groups in total. The number of hydrogen-bond donors (Lipinski definition) is 1. The van der Waals surface area contributed by atoms with Gasteiger partial charge in [0.15, 0.2) is 11.8 Å². The second-order valence-corrected chi connectivity index (χ2v) is 7.78. The van der Waals surface area contributed by atoms with Gasteiger partial charge in [0.25, 0.3) is 5.91 Å². The van der Waals surface area contributed by atoms with Crippen LogP contribution < -0.4 is 5.32 Å². The number of hydrogen-bond acceptors (Lipinski definition) is 5. The van der Waals surface area contributed by atoms with E-state index in [9.17, 15) is 9.59 Å². The van der Waals surface area contributed by atoms with Gasteiger partial charge < -0.3 is 14.6 Å². The summed E-state index contributed by atoms with van der Waals surface area (Å²) in [7, 11) is 0. The molecule has 0 bridgehead atoms. The van der Waals surface area contributed by atoms with Crippen molar-refractivity contribution in [1.82, 2.24) is 14.9 Å². The highest BCUT2D eigenvalue weighted by molar-refractivity contribution is 7.99. The maximum absolute atomic E-state index is 12.1. The maximum atomic E-state index is 12.1. The van der Waals surface area contributed by atoms with Gasteiger partial charge in [-0.05, 0) is 30.2 Å². The molecule has 8 heteroatoms. The van der Waals surface area contributed by atoms with Gasteiger partial charge in [-0.25, -0.2) is 4.98 Å². The van der Waals surface area contributed by atoms with Gasteiger partial charge in [0.05, 0.1) is 23.3 Å². The van der Waals surface area contributed by atoms with Gasteiger partial charge in [-0.3, -0.25) is 9.59 Å². The van der Waals surface area contributed by atoms with Crippen LogP contribution in [-0.4, -0.2) is 40.3 Å². The number of imidazole rings is 1. The van der Waals surface area contributed by atoms with Crippen molar-refractivity contribution >= 4 is 46.3 Å². The molecular formula is C21H22ClN3O3S. The molecule has 1 amide bonds. The summed E-state index contributed by atoms with van der Waals surface area (Å²) in [6.07, 6.45) is 0.831. The average Bonchev–Trinajstić information content (AvgIpc) is 3.06. The molecule has 152 valence electrons. The molecule has 0 atom stereocenters. The molecule has 0 aliphatic rings. The lowest BCUT2D eigenvalue weighted by atomic mass is 10.2. The average molecular weight is 432 g/mol. The minimum absolute atomic E-state index is 0.0624. The van der Waals surface area contributed by atoms with E-state index in [4.69, 9.17) is 16.3 Å². The van der Waals surface area contributed by atoms with Crippen molar-refractivity contribution in [2.75, 3.05) is 18.9 Å². The van der Waals surface area contributed by atoms with Crippen LogP contribution in [0.25, 0.3) is 11.0 Å². The first-order valence-electron chi connectivity index (χ1n) is 9.31. The molecule has 3 aromatic rings. The highest BCUT2D eigenvalue weighted by Gasteiger charge is 2.15. The highest BCUT2D eigenvalue weighted by atomic mass is 35.5. The molecule has 0 radical (unpaired) electrons. The Labute approximate surface area is 178 Å². The lowest BCUT2D eigenvalue weighted by molar-refractivity contribution is -0.145. The summed E-state index contributed by atoms with van der Waals surface area (Å²) in [6.45, 7) is 2.88. The predicted octanol–water partition coefficient (Wildman–Crippen LogP) is 3.90. The number of ether oxygens (including phenoxy) is 1. The van der Waals surface area contributed by atoms with Gasteiger partial charge in [-0.1, -0.05) is 60.6 Å². The maximum Gasteiger partial charge on any atom is 0.316 e. The van der Waals surface area contributed by atoms with Crippen LogP contribution in [-0.2, 0) is 20.9 Å². The van der Waals surface area contributed by atoms with Gasteiger partial charge in [-0.15, -0.1) is 0 Å².